The number of hydrogen-bond acceptors (Lipinski definition) is 6. The molecule has 0 N–H and O–H groups in total. The van der Waals surface area contributed by atoms with Gasteiger partial charge in [0.1, 0.15) is 11.9 Å². The zero-order chi connectivity index (χ0) is 20.4. The van der Waals surface area contributed by atoms with Gasteiger partial charge in [0.15, 0.2) is 11.0 Å². The highest BCUT2D eigenvalue weighted by Crippen LogP contribution is 2.35. The molecule has 1 aromatic heterocycles. The molecule has 1 atom stereocenters. The number of hydrogen-bond donors (Lipinski definition) is 0. The van der Waals surface area contributed by atoms with Gasteiger partial charge in [-0.15, -0.1) is 10.2 Å². The summed E-state index contributed by atoms with van der Waals surface area (Å²) in [4.78, 5) is 11.2. The number of ether oxygens (including phenoxy) is 2. The maximum atomic E-state index is 13.4. The minimum absolute atomic E-state index is 0.162. The van der Waals surface area contributed by atoms with Gasteiger partial charge in [-0.25, -0.2) is 4.79 Å². The van der Waals surface area contributed by atoms with Gasteiger partial charge in [-0.3, -0.25) is 4.57 Å². The summed E-state index contributed by atoms with van der Waals surface area (Å²) in [5.74, 6) is -3.40. The van der Waals surface area contributed by atoms with Crippen LogP contribution in [0.4, 0.5) is 8.78 Å². The van der Waals surface area contributed by atoms with Gasteiger partial charge < -0.3 is 9.47 Å². The predicted octanol–water partition coefficient (Wildman–Crippen LogP) is 3.99. The van der Waals surface area contributed by atoms with E-state index < -0.39 is 24.4 Å². The number of methoxy groups -OCH3 is 1. The maximum absolute atomic E-state index is 13.4. The highest BCUT2D eigenvalue weighted by atomic mass is 32.2. The largest absolute Gasteiger partial charge is 0.497 e. The number of carbonyl (C=O) groups excluding carboxylic acids is 1. The van der Waals surface area contributed by atoms with Crippen LogP contribution in [0.1, 0.15) is 6.42 Å². The molecule has 2 aromatic carbocycles. The second-order valence-corrected chi connectivity index (χ2v) is 7.44. The van der Waals surface area contributed by atoms with Gasteiger partial charge in [0.2, 0.25) is 0 Å². The number of alkyl halides is 2. The van der Waals surface area contributed by atoms with Crippen LogP contribution in [0.25, 0.3) is 17.1 Å². The van der Waals surface area contributed by atoms with Crippen molar-refractivity contribution in [1.29, 1.82) is 0 Å². The first-order valence-electron chi connectivity index (χ1n) is 8.85. The Hall–Kier alpha value is -2.94. The Balaban J connectivity index is 1.64. The molecule has 6 nitrogen and oxygen atoms in total. The highest BCUT2D eigenvalue weighted by Gasteiger charge is 2.50. The fourth-order valence-corrected chi connectivity index (χ4v) is 3.95. The highest BCUT2D eigenvalue weighted by molar-refractivity contribution is 7.99. The minimum Gasteiger partial charge on any atom is -0.497 e. The van der Waals surface area contributed by atoms with Crippen LogP contribution in [-0.4, -0.2) is 45.6 Å². The molecule has 150 valence electrons. The third-order valence-corrected chi connectivity index (χ3v) is 5.51. The average Bonchev–Trinajstić information content (AvgIpc) is 3.27. The van der Waals surface area contributed by atoms with Crippen molar-refractivity contribution < 1.29 is 23.0 Å². The Labute approximate surface area is 169 Å². The normalized spacial score (nSPS) is 17.9. The van der Waals surface area contributed by atoms with E-state index in [0.29, 0.717) is 11.0 Å². The van der Waals surface area contributed by atoms with Crippen molar-refractivity contribution in [3.63, 3.8) is 0 Å². The summed E-state index contributed by atoms with van der Waals surface area (Å²) in [7, 11) is 1.59. The van der Waals surface area contributed by atoms with Gasteiger partial charge in [0.25, 0.3) is 0 Å². The molecule has 0 aliphatic carbocycles. The first-order chi connectivity index (χ1) is 14.0. The smallest absolute Gasteiger partial charge is 0.377 e. The number of halogens is 2. The van der Waals surface area contributed by atoms with Crippen LogP contribution < -0.4 is 4.74 Å². The molecule has 3 aromatic rings. The number of esters is 1. The number of para-hydroxylation sites is 1. The summed E-state index contributed by atoms with van der Waals surface area (Å²) < 4.78 is 38.7. The molecule has 4 rings (SSSR count). The van der Waals surface area contributed by atoms with Gasteiger partial charge in [0.05, 0.1) is 13.5 Å². The SMILES string of the molecule is COc1ccc(-c2nnc(SCC3CC(F)(F)C(=O)O3)n2-c2ccccc2)cc1. The molecule has 0 saturated carbocycles. The van der Waals surface area contributed by atoms with E-state index in [1.807, 2.05) is 59.2 Å². The van der Waals surface area contributed by atoms with E-state index in [1.165, 1.54) is 11.8 Å². The van der Waals surface area contributed by atoms with E-state index in [0.717, 1.165) is 17.0 Å². The van der Waals surface area contributed by atoms with Crippen LogP contribution in [0.5, 0.6) is 5.75 Å². The van der Waals surface area contributed by atoms with Crippen LogP contribution in [0.15, 0.2) is 59.8 Å². The first-order valence-corrected chi connectivity index (χ1v) is 9.83. The van der Waals surface area contributed by atoms with Crippen molar-refractivity contribution >= 4 is 17.7 Å². The third-order valence-electron chi connectivity index (χ3n) is 4.45. The predicted molar refractivity (Wildman–Crippen MR) is 104 cm³/mol. The van der Waals surface area contributed by atoms with Gasteiger partial charge >= 0.3 is 11.9 Å². The van der Waals surface area contributed by atoms with Crippen LogP contribution >= 0.6 is 11.8 Å². The van der Waals surface area contributed by atoms with Crippen molar-refractivity contribution in [1.82, 2.24) is 14.8 Å². The van der Waals surface area contributed by atoms with Crippen molar-refractivity contribution in [2.75, 3.05) is 12.9 Å². The maximum Gasteiger partial charge on any atom is 0.377 e. The van der Waals surface area contributed by atoms with E-state index in [-0.39, 0.29) is 5.75 Å². The molecule has 0 spiro atoms. The lowest BCUT2D eigenvalue weighted by Gasteiger charge is -2.12. The summed E-state index contributed by atoms with van der Waals surface area (Å²) in [5, 5.41) is 9.07. The van der Waals surface area contributed by atoms with Crippen molar-refractivity contribution in [2.24, 2.45) is 0 Å². The number of benzene rings is 2. The standard InChI is InChI=1S/C20H17F2N3O3S/c1-27-15-9-7-13(8-10-15)17-23-24-19(25(17)14-5-3-2-4-6-14)29-12-16-11-20(21,22)18(26)28-16/h2-10,16H,11-12H2,1H3. The Kier molecular flexibility index (Phi) is 5.23. The Morgan fingerprint density at radius 1 is 1.17 bits per heavy atom. The summed E-state index contributed by atoms with van der Waals surface area (Å²) in [6.45, 7) is 0. The minimum atomic E-state index is -3.42. The van der Waals surface area contributed by atoms with Crippen LogP contribution in [0, 0.1) is 0 Å². The second kappa shape index (κ2) is 7.82. The van der Waals surface area contributed by atoms with E-state index in [4.69, 9.17) is 9.47 Å². The molecule has 9 heteroatoms. The Morgan fingerprint density at radius 2 is 1.90 bits per heavy atom. The average molecular weight is 417 g/mol. The van der Waals surface area contributed by atoms with E-state index in [2.05, 4.69) is 10.2 Å². The van der Waals surface area contributed by atoms with Gasteiger partial charge in [-0.05, 0) is 36.4 Å². The molecule has 0 bridgehead atoms. The zero-order valence-electron chi connectivity index (χ0n) is 15.4. The van der Waals surface area contributed by atoms with E-state index in [9.17, 15) is 13.6 Å². The zero-order valence-corrected chi connectivity index (χ0v) is 16.2. The number of rotatable bonds is 6. The van der Waals surface area contributed by atoms with Crippen LogP contribution in [0.3, 0.4) is 0 Å². The fourth-order valence-electron chi connectivity index (χ4n) is 3.01. The van der Waals surface area contributed by atoms with E-state index in [1.54, 1.807) is 7.11 Å². The Morgan fingerprint density at radius 3 is 2.52 bits per heavy atom. The molecule has 1 saturated heterocycles. The second-order valence-electron chi connectivity index (χ2n) is 6.45. The first kappa shape index (κ1) is 19.4. The fraction of sp³-hybridized carbons (Fsp3) is 0.250. The summed E-state index contributed by atoms with van der Waals surface area (Å²) >= 11 is 1.22. The number of aromatic nitrogens is 3. The molecule has 1 unspecified atom stereocenters. The van der Waals surface area contributed by atoms with Crippen molar-refractivity contribution in [2.45, 2.75) is 23.6 Å². The number of nitrogens with zero attached hydrogens (tertiary/aromatic N) is 3. The molecule has 1 aliphatic rings. The molecule has 1 aliphatic heterocycles. The summed E-state index contributed by atoms with van der Waals surface area (Å²) in [6.07, 6.45) is -1.49. The van der Waals surface area contributed by atoms with E-state index >= 15 is 0 Å². The van der Waals surface area contributed by atoms with Gasteiger partial charge in [-0.1, -0.05) is 30.0 Å². The third kappa shape index (κ3) is 3.95. The van der Waals surface area contributed by atoms with Crippen molar-refractivity contribution in [3.05, 3.63) is 54.6 Å². The lowest BCUT2D eigenvalue weighted by molar-refractivity contribution is -0.158. The van der Waals surface area contributed by atoms with Gasteiger partial charge in [0, 0.05) is 17.0 Å². The molecule has 29 heavy (non-hydrogen) atoms. The Bertz CT molecular complexity index is 1010. The molecule has 0 radical (unpaired) electrons. The number of cyclic esters (lactones) is 1. The topological polar surface area (TPSA) is 66.2 Å². The lowest BCUT2D eigenvalue weighted by Crippen LogP contribution is -2.21. The summed E-state index contributed by atoms with van der Waals surface area (Å²) in [6, 6.07) is 16.9. The summed E-state index contributed by atoms with van der Waals surface area (Å²) in [5.41, 5.74) is 1.66. The van der Waals surface area contributed by atoms with Crippen LogP contribution in [0.2, 0.25) is 0 Å². The van der Waals surface area contributed by atoms with Gasteiger partial charge in [-0.2, -0.15) is 8.78 Å². The number of thioether (sulfide) groups is 1. The monoisotopic (exact) mass is 417 g/mol. The van der Waals surface area contributed by atoms with Crippen molar-refractivity contribution in [3.8, 4) is 22.8 Å². The quantitative estimate of drug-likeness (QED) is 0.446. The molecular weight excluding hydrogens is 400 g/mol. The molecular formula is C20H17F2N3O3S. The lowest BCUT2D eigenvalue weighted by atomic mass is 10.2. The molecule has 1 fully saturated rings. The molecule has 2 heterocycles. The number of carbonyl (C=O) groups is 1. The van der Waals surface area contributed by atoms with Crippen LogP contribution in [-0.2, 0) is 9.53 Å². The molecule has 0 amide bonds.